The molecule has 1 atom stereocenters. The van der Waals surface area contributed by atoms with E-state index in [1.165, 1.54) is 0 Å². The minimum Gasteiger partial charge on any atom is -0.319 e. The van der Waals surface area contributed by atoms with E-state index in [-0.39, 0.29) is 5.54 Å². The fourth-order valence-electron chi connectivity index (χ4n) is 1.54. The summed E-state index contributed by atoms with van der Waals surface area (Å²) in [6, 6.07) is 0. The topological polar surface area (TPSA) is 56.7 Å². The number of hydrogen-bond acceptors (Lipinski definition) is 3. The maximum atomic E-state index is 6.16. The number of nitrogens with zero attached hydrogens (tertiary/aromatic N) is 3. The fraction of sp³-hybridized carbons (Fsp3) is 0.818. The third-order valence-electron chi connectivity index (χ3n) is 2.64. The van der Waals surface area contributed by atoms with Gasteiger partial charge in [-0.15, -0.1) is 0 Å². The first-order valence-electron chi connectivity index (χ1n) is 5.56. The molecule has 0 spiro atoms. The van der Waals surface area contributed by atoms with Crippen LogP contribution in [0.3, 0.4) is 0 Å². The molecular weight excluding hydrogens is 188 g/mol. The normalized spacial score (nSPS) is 15.7. The van der Waals surface area contributed by atoms with Crippen LogP contribution < -0.4 is 5.73 Å². The number of aromatic nitrogens is 3. The Bertz CT molecular complexity index is 325. The van der Waals surface area contributed by atoms with Crippen molar-refractivity contribution in [2.75, 3.05) is 0 Å². The standard InChI is InChI=1S/C11H22N4/c1-6-11(4,12)10-13-9(7-8(2)3)14-15(10)5/h8H,6-7,12H2,1-5H3. The van der Waals surface area contributed by atoms with Crippen LogP contribution in [0, 0.1) is 5.92 Å². The van der Waals surface area contributed by atoms with E-state index in [9.17, 15) is 0 Å². The van der Waals surface area contributed by atoms with Crippen LogP contribution in [-0.4, -0.2) is 14.8 Å². The fourth-order valence-corrected chi connectivity index (χ4v) is 1.54. The Morgan fingerprint density at radius 1 is 1.47 bits per heavy atom. The van der Waals surface area contributed by atoms with Crippen molar-refractivity contribution in [3.63, 3.8) is 0 Å². The zero-order valence-corrected chi connectivity index (χ0v) is 10.4. The van der Waals surface area contributed by atoms with Gasteiger partial charge in [-0.1, -0.05) is 20.8 Å². The van der Waals surface area contributed by atoms with Crippen LogP contribution in [0.4, 0.5) is 0 Å². The average molecular weight is 210 g/mol. The van der Waals surface area contributed by atoms with Gasteiger partial charge in [-0.3, -0.25) is 4.68 Å². The third-order valence-corrected chi connectivity index (χ3v) is 2.64. The summed E-state index contributed by atoms with van der Waals surface area (Å²) in [6.07, 6.45) is 1.77. The van der Waals surface area contributed by atoms with Crippen molar-refractivity contribution in [2.45, 2.75) is 46.1 Å². The average Bonchev–Trinajstić information content (AvgIpc) is 2.46. The van der Waals surface area contributed by atoms with Crippen molar-refractivity contribution in [3.8, 4) is 0 Å². The molecule has 0 saturated carbocycles. The maximum Gasteiger partial charge on any atom is 0.151 e. The third kappa shape index (κ3) is 2.78. The van der Waals surface area contributed by atoms with Gasteiger partial charge in [0.1, 0.15) is 5.82 Å². The second-order valence-corrected chi connectivity index (χ2v) is 4.84. The first-order valence-corrected chi connectivity index (χ1v) is 5.56. The van der Waals surface area contributed by atoms with Gasteiger partial charge in [0.15, 0.2) is 5.82 Å². The van der Waals surface area contributed by atoms with E-state index in [1.807, 2.05) is 14.0 Å². The van der Waals surface area contributed by atoms with E-state index in [0.29, 0.717) is 5.92 Å². The molecule has 86 valence electrons. The number of nitrogens with two attached hydrogens (primary N) is 1. The monoisotopic (exact) mass is 210 g/mol. The van der Waals surface area contributed by atoms with E-state index in [0.717, 1.165) is 24.5 Å². The molecule has 0 fully saturated rings. The summed E-state index contributed by atoms with van der Waals surface area (Å²) in [7, 11) is 1.91. The molecule has 15 heavy (non-hydrogen) atoms. The van der Waals surface area contributed by atoms with Crippen LogP contribution in [0.5, 0.6) is 0 Å². The van der Waals surface area contributed by atoms with Gasteiger partial charge < -0.3 is 5.73 Å². The quantitative estimate of drug-likeness (QED) is 0.821. The largest absolute Gasteiger partial charge is 0.319 e. The van der Waals surface area contributed by atoms with Crippen molar-refractivity contribution in [1.82, 2.24) is 14.8 Å². The predicted octanol–water partition coefficient (Wildman–Crippen LogP) is 1.60. The summed E-state index contributed by atoms with van der Waals surface area (Å²) in [4.78, 5) is 4.52. The molecule has 0 aliphatic heterocycles. The van der Waals surface area contributed by atoms with Crippen LogP contribution in [-0.2, 0) is 19.0 Å². The first-order chi connectivity index (χ1) is 6.86. The molecule has 0 amide bonds. The second-order valence-electron chi connectivity index (χ2n) is 4.84. The minimum absolute atomic E-state index is 0.378. The number of rotatable bonds is 4. The zero-order chi connectivity index (χ0) is 11.6. The second kappa shape index (κ2) is 4.31. The summed E-state index contributed by atoms with van der Waals surface area (Å²) in [5.41, 5.74) is 5.78. The lowest BCUT2D eigenvalue weighted by molar-refractivity contribution is 0.423. The molecular formula is C11H22N4. The molecule has 1 aromatic rings. The SMILES string of the molecule is CCC(C)(N)c1nc(CC(C)C)nn1C. The molecule has 2 N–H and O–H groups in total. The molecule has 1 aromatic heterocycles. The Balaban J connectivity index is 2.96. The lowest BCUT2D eigenvalue weighted by Gasteiger charge is -2.20. The van der Waals surface area contributed by atoms with Gasteiger partial charge in [0.05, 0.1) is 5.54 Å². The van der Waals surface area contributed by atoms with E-state index >= 15 is 0 Å². The zero-order valence-electron chi connectivity index (χ0n) is 10.4. The highest BCUT2D eigenvalue weighted by atomic mass is 15.3. The van der Waals surface area contributed by atoms with Crippen molar-refractivity contribution < 1.29 is 0 Å². The Labute approximate surface area is 91.9 Å². The molecule has 4 heteroatoms. The summed E-state index contributed by atoms with van der Waals surface area (Å²) >= 11 is 0. The smallest absolute Gasteiger partial charge is 0.151 e. The molecule has 0 radical (unpaired) electrons. The van der Waals surface area contributed by atoms with E-state index in [4.69, 9.17) is 5.73 Å². The van der Waals surface area contributed by atoms with Gasteiger partial charge in [0, 0.05) is 13.5 Å². The highest BCUT2D eigenvalue weighted by molar-refractivity contribution is 5.05. The van der Waals surface area contributed by atoms with Crippen molar-refractivity contribution in [1.29, 1.82) is 0 Å². The Hall–Kier alpha value is -0.900. The van der Waals surface area contributed by atoms with Crippen LogP contribution in [0.2, 0.25) is 0 Å². The highest BCUT2D eigenvalue weighted by Gasteiger charge is 2.25. The molecule has 0 aliphatic rings. The van der Waals surface area contributed by atoms with Crippen molar-refractivity contribution in [3.05, 3.63) is 11.6 Å². The summed E-state index contributed by atoms with van der Waals surface area (Å²) in [5, 5.41) is 4.39. The number of aryl methyl sites for hydroxylation is 1. The lowest BCUT2D eigenvalue weighted by Crippen LogP contribution is -2.35. The molecule has 1 rings (SSSR count). The first kappa shape index (κ1) is 12.2. The molecule has 4 nitrogen and oxygen atoms in total. The number of hydrogen-bond donors (Lipinski definition) is 1. The van der Waals surface area contributed by atoms with Crippen molar-refractivity contribution in [2.24, 2.45) is 18.7 Å². The molecule has 0 saturated heterocycles. The van der Waals surface area contributed by atoms with Gasteiger partial charge in [0.25, 0.3) is 0 Å². The van der Waals surface area contributed by atoms with Crippen LogP contribution >= 0.6 is 0 Å². The molecule has 0 aliphatic carbocycles. The van der Waals surface area contributed by atoms with Crippen LogP contribution in [0.25, 0.3) is 0 Å². The maximum absolute atomic E-state index is 6.16. The van der Waals surface area contributed by atoms with Gasteiger partial charge >= 0.3 is 0 Å². The Kier molecular flexibility index (Phi) is 3.50. The molecule has 1 unspecified atom stereocenters. The highest BCUT2D eigenvalue weighted by Crippen LogP contribution is 2.19. The van der Waals surface area contributed by atoms with Gasteiger partial charge in [0.2, 0.25) is 0 Å². The minimum atomic E-state index is -0.378. The Morgan fingerprint density at radius 2 is 2.07 bits per heavy atom. The Morgan fingerprint density at radius 3 is 2.53 bits per heavy atom. The molecule has 1 heterocycles. The summed E-state index contributed by atoms with van der Waals surface area (Å²) in [5.74, 6) is 2.35. The van der Waals surface area contributed by atoms with Gasteiger partial charge in [-0.25, -0.2) is 4.98 Å². The van der Waals surface area contributed by atoms with E-state index in [2.05, 4.69) is 30.9 Å². The molecule has 0 aromatic carbocycles. The van der Waals surface area contributed by atoms with Gasteiger partial charge in [-0.2, -0.15) is 5.10 Å². The van der Waals surface area contributed by atoms with Crippen LogP contribution in [0.15, 0.2) is 0 Å². The predicted molar refractivity (Wildman–Crippen MR) is 61.4 cm³/mol. The summed E-state index contributed by atoms with van der Waals surface area (Å²) < 4.78 is 1.81. The lowest BCUT2D eigenvalue weighted by atomic mass is 10.00. The van der Waals surface area contributed by atoms with E-state index in [1.54, 1.807) is 4.68 Å². The summed E-state index contributed by atoms with van der Waals surface area (Å²) in [6.45, 7) is 8.39. The van der Waals surface area contributed by atoms with Gasteiger partial charge in [-0.05, 0) is 19.3 Å². The van der Waals surface area contributed by atoms with E-state index < -0.39 is 0 Å². The van der Waals surface area contributed by atoms with Crippen LogP contribution in [0.1, 0.15) is 45.8 Å². The van der Waals surface area contributed by atoms with Crippen molar-refractivity contribution >= 4 is 0 Å². The molecule has 0 bridgehead atoms.